The summed E-state index contributed by atoms with van der Waals surface area (Å²) in [4.78, 5) is 76.4. The van der Waals surface area contributed by atoms with Crippen LogP contribution in [0, 0.1) is 17.8 Å². The van der Waals surface area contributed by atoms with Crippen molar-refractivity contribution in [2.75, 3.05) is 13.2 Å². The molecule has 0 aromatic heterocycles. The van der Waals surface area contributed by atoms with Crippen LogP contribution in [-0.2, 0) is 39.9 Å². The van der Waals surface area contributed by atoms with E-state index >= 15 is 0 Å². The van der Waals surface area contributed by atoms with E-state index < -0.39 is 54.1 Å². The third kappa shape index (κ3) is 17.0. The number of benzene rings is 1. The summed E-state index contributed by atoms with van der Waals surface area (Å²) in [6.45, 7) is 6.25. The lowest BCUT2D eigenvalue weighted by Crippen LogP contribution is -2.57. The Hall–Kier alpha value is -4.70. The number of nitrogens with zero attached hydrogens (tertiary/aromatic N) is 1. The molecule has 1 rings (SSSR count). The highest BCUT2D eigenvalue weighted by atomic mass is 16.6. The first-order chi connectivity index (χ1) is 24.8. The number of imide groups is 1. The Labute approximate surface area is 306 Å². The number of carboxylic acid groups (broad SMARTS) is 2. The maximum atomic E-state index is 14.2. The van der Waals surface area contributed by atoms with Crippen LogP contribution in [0.1, 0.15) is 117 Å². The molecule has 1 aromatic carbocycles. The van der Waals surface area contributed by atoms with E-state index in [1.165, 1.54) is 19.4 Å². The van der Waals surface area contributed by atoms with Crippen LogP contribution in [0.2, 0.25) is 0 Å². The Morgan fingerprint density at radius 3 is 2.06 bits per heavy atom. The van der Waals surface area contributed by atoms with Crippen molar-refractivity contribution in [1.82, 2.24) is 4.90 Å². The summed E-state index contributed by atoms with van der Waals surface area (Å²) in [5, 5.41) is 30.8. The second kappa shape index (κ2) is 25.3. The lowest BCUT2D eigenvalue weighted by Gasteiger charge is -2.35. The summed E-state index contributed by atoms with van der Waals surface area (Å²) in [7, 11) is 0. The molecule has 2 amide bonds. The Kier molecular flexibility index (Phi) is 22.0. The number of rotatable bonds is 26. The molecule has 0 bridgehead atoms. The number of esters is 1. The van der Waals surface area contributed by atoms with Gasteiger partial charge in [-0.2, -0.15) is 0 Å². The summed E-state index contributed by atoms with van der Waals surface area (Å²) in [6.07, 6.45) is 7.54. The zero-order chi connectivity index (χ0) is 38.9. The predicted octanol–water partition coefficient (Wildman–Crippen LogP) is 6.24. The number of carboxylic acids is 2. The fourth-order valence-corrected chi connectivity index (χ4v) is 5.40. The van der Waals surface area contributed by atoms with Crippen molar-refractivity contribution >= 4 is 35.7 Å². The minimum atomic E-state index is -3.19. The van der Waals surface area contributed by atoms with Gasteiger partial charge >= 0.3 is 24.0 Å². The predicted molar refractivity (Wildman–Crippen MR) is 192 cm³/mol. The molecule has 13 nitrogen and oxygen atoms in total. The summed E-state index contributed by atoms with van der Waals surface area (Å²) < 4.78 is 16.0. The van der Waals surface area contributed by atoms with Crippen molar-refractivity contribution in [3.8, 4) is 17.6 Å². The minimum Gasteiger partial charge on any atom is -0.481 e. The lowest BCUT2D eigenvalue weighted by molar-refractivity contribution is -0.177. The smallest absolute Gasteiger partial charge is 0.419 e. The second-order valence-electron chi connectivity index (χ2n) is 12.4. The largest absolute Gasteiger partial charge is 0.481 e. The molecule has 1 aromatic rings. The molecule has 52 heavy (non-hydrogen) atoms. The summed E-state index contributed by atoms with van der Waals surface area (Å²) >= 11 is 0. The number of allylic oxidation sites excluding steroid dienone is 1. The van der Waals surface area contributed by atoms with Crippen molar-refractivity contribution in [2.24, 2.45) is 5.92 Å². The average molecular weight is 730 g/mol. The van der Waals surface area contributed by atoms with Gasteiger partial charge in [-0.05, 0) is 57.2 Å². The standard InChI is InChI=1S/C39H55NO12/c1-5-8-10-13-16-19-31(42)20-17-14-11-12-15-18-21-33(39(49,37(46)47)28-35(43)44)36(45)40(38(48)50-7-3)34(52-29(4)41)27-30-22-24-32(25-23-30)51-26-9-6-2/h18,21-25,33-34,49H,5,7-8,10-17,19-20,26-28H2,1-4H3,(H,43,44)(H,46,47)/b21-18+/t33-,34+,39+/m1/s1. The first-order valence-electron chi connectivity index (χ1n) is 17.9. The zero-order valence-electron chi connectivity index (χ0n) is 30.9. The summed E-state index contributed by atoms with van der Waals surface area (Å²) in [6, 6.07) is 6.39. The number of ether oxygens (including phenoxy) is 3. The molecule has 13 heteroatoms. The zero-order valence-corrected chi connectivity index (χ0v) is 30.9. The van der Waals surface area contributed by atoms with Gasteiger partial charge in [0, 0.05) is 26.2 Å². The van der Waals surface area contributed by atoms with E-state index in [9.17, 15) is 44.1 Å². The molecule has 0 spiro atoms. The number of amides is 2. The molecule has 288 valence electrons. The monoisotopic (exact) mass is 729 g/mol. The molecule has 0 aliphatic carbocycles. The number of carbonyl (C=O) groups is 6. The molecule has 0 aliphatic rings. The number of hydrogen-bond acceptors (Lipinski definition) is 10. The Balaban J connectivity index is 3.25. The van der Waals surface area contributed by atoms with Crippen LogP contribution in [0.3, 0.4) is 0 Å². The van der Waals surface area contributed by atoms with Gasteiger partial charge in [0.15, 0.2) is 11.8 Å². The van der Waals surface area contributed by atoms with Gasteiger partial charge in [-0.1, -0.05) is 75.7 Å². The third-order valence-electron chi connectivity index (χ3n) is 8.15. The highest BCUT2D eigenvalue weighted by Gasteiger charge is 2.52. The van der Waals surface area contributed by atoms with Crippen molar-refractivity contribution in [3.63, 3.8) is 0 Å². The van der Waals surface area contributed by atoms with Crippen molar-refractivity contribution in [3.05, 3.63) is 42.0 Å². The van der Waals surface area contributed by atoms with Crippen LogP contribution in [0.25, 0.3) is 0 Å². The number of Topliss-reactive ketones (excluding diaryl/α,β-unsaturated/α-hetero) is 1. The molecule has 0 saturated carbocycles. The number of ketones is 1. The van der Waals surface area contributed by atoms with Crippen LogP contribution < -0.4 is 4.74 Å². The Bertz CT molecular complexity index is 1390. The Morgan fingerprint density at radius 1 is 0.904 bits per heavy atom. The molecule has 0 unspecified atom stereocenters. The van der Waals surface area contributed by atoms with Gasteiger partial charge in [0.2, 0.25) is 5.91 Å². The first-order valence-corrected chi connectivity index (χ1v) is 17.9. The second-order valence-corrected chi connectivity index (χ2v) is 12.4. The summed E-state index contributed by atoms with van der Waals surface area (Å²) in [5.41, 5.74) is -2.72. The quantitative estimate of drug-likeness (QED) is 0.0320. The highest BCUT2D eigenvalue weighted by Crippen LogP contribution is 2.29. The highest BCUT2D eigenvalue weighted by molar-refractivity contribution is 5.99. The van der Waals surface area contributed by atoms with Crippen molar-refractivity contribution in [1.29, 1.82) is 0 Å². The average Bonchev–Trinajstić information content (AvgIpc) is 3.07. The summed E-state index contributed by atoms with van der Waals surface area (Å²) in [5.74, 6) is -1.87. The lowest BCUT2D eigenvalue weighted by atomic mass is 9.82. The van der Waals surface area contributed by atoms with Crippen molar-refractivity contribution in [2.45, 2.75) is 129 Å². The maximum Gasteiger partial charge on any atom is 0.419 e. The minimum absolute atomic E-state index is 0.148. The van der Waals surface area contributed by atoms with Gasteiger partial charge in [0.25, 0.3) is 0 Å². The van der Waals surface area contributed by atoms with E-state index in [4.69, 9.17) is 14.2 Å². The molecule has 0 aliphatic heterocycles. The first kappa shape index (κ1) is 45.3. The van der Waals surface area contributed by atoms with Gasteiger partial charge in [-0.15, -0.1) is 5.92 Å². The van der Waals surface area contributed by atoms with Crippen molar-refractivity contribution < 1.29 is 58.3 Å². The topological polar surface area (TPSA) is 194 Å². The number of hydrogen-bond donors (Lipinski definition) is 3. The fraction of sp³-hybridized carbons (Fsp3) is 0.590. The molecule has 0 saturated heterocycles. The number of aliphatic hydroxyl groups is 1. The van der Waals surface area contributed by atoms with Crippen LogP contribution in [0.15, 0.2) is 36.4 Å². The van der Waals surface area contributed by atoms with Crippen LogP contribution >= 0.6 is 0 Å². The maximum absolute atomic E-state index is 14.2. The molecule has 3 N–H and O–H groups in total. The fourth-order valence-electron chi connectivity index (χ4n) is 5.40. The van der Waals surface area contributed by atoms with E-state index in [2.05, 4.69) is 18.8 Å². The van der Waals surface area contributed by atoms with E-state index in [0.29, 0.717) is 41.9 Å². The normalized spacial score (nSPS) is 13.2. The number of aliphatic carboxylic acids is 2. The molecule has 3 atom stereocenters. The Morgan fingerprint density at radius 2 is 1.52 bits per heavy atom. The number of unbranched alkanes of at least 4 members (excludes halogenated alkanes) is 8. The molecular weight excluding hydrogens is 674 g/mol. The molecule has 0 heterocycles. The van der Waals surface area contributed by atoms with E-state index in [-0.39, 0.29) is 25.4 Å². The third-order valence-corrected chi connectivity index (χ3v) is 8.15. The van der Waals surface area contributed by atoms with Gasteiger partial charge < -0.3 is 29.5 Å². The molecule has 0 fully saturated rings. The molecule has 0 radical (unpaired) electrons. The van der Waals surface area contributed by atoms with E-state index in [1.54, 1.807) is 31.2 Å². The van der Waals surface area contributed by atoms with Crippen LogP contribution in [-0.4, -0.2) is 81.0 Å². The SMILES string of the molecule is CC#CCOc1ccc(C[C@H](OC(C)=O)N(C(=O)OCC)C(=O)[C@@H](/C=C/CCCCCCC(=O)CCCCCCC)[C@@](O)(CC(=O)O)C(=O)O)cc1. The van der Waals surface area contributed by atoms with Gasteiger partial charge in [0.1, 0.15) is 18.1 Å². The van der Waals surface area contributed by atoms with E-state index in [1.807, 2.05) is 0 Å². The number of carbonyl (C=O) groups excluding carboxylic acids is 4. The van der Waals surface area contributed by atoms with E-state index in [0.717, 1.165) is 57.9 Å². The van der Waals surface area contributed by atoms with Crippen LogP contribution in [0.4, 0.5) is 4.79 Å². The van der Waals surface area contributed by atoms with Gasteiger partial charge in [0.05, 0.1) is 18.9 Å². The molecular formula is C39H55NO12. The van der Waals surface area contributed by atoms with Gasteiger partial charge in [-0.3, -0.25) is 19.2 Å². The van der Waals surface area contributed by atoms with Gasteiger partial charge in [-0.25, -0.2) is 14.5 Å². The van der Waals surface area contributed by atoms with Crippen LogP contribution in [0.5, 0.6) is 5.75 Å².